The summed E-state index contributed by atoms with van der Waals surface area (Å²) in [4.78, 5) is 13.9. The van der Waals surface area contributed by atoms with Crippen LogP contribution in [-0.2, 0) is 24.4 Å². The van der Waals surface area contributed by atoms with E-state index in [1.165, 1.54) is 25.5 Å². The van der Waals surface area contributed by atoms with Crippen molar-refractivity contribution in [1.82, 2.24) is 15.5 Å². The van der Waals surface area contributed by atoms with Crippen molar-refractivity contribution in [3.63, 3.8) is 0 Å². The van der Waals surface area contributed by atoms with Crippen LogP contribution in [0.3, 0.4) is 0 Å². The number of carbonyl (C=O) groups excluding carboxylic acids is 1. The number of anilines is 1. The summed E-state index contributed by atoms with van der Waals surface area (Å²) in [6.45, 7) is 5.01. The Hall–Kier alpha value is -3.88. The zero-order valence-corrected chi connectivity index (χ0v) is 28.9. The van der Waals surface area contributed by atoms with Gasteiger partial charge in [-0.05, 0) is 72.8 Å². The van der Waals surface area contributed by atoms with Gasteiger partial charge in [0.25, 0.3) is 0 Å². The molecule has 1 atom stereocenters. The molecule has 9 heteroatoms. The molecule has 250 valence electrons. The Kier molecular flexibility index (Phi) is 11.3. The molecule has 0 bridgehead atoms. The highest BCUT2D eigenvalue weighted by molar-refractivity contribution is 6.36. The first kappa shape index (κ1) is 34.0. The minimum absolute atomic E-state index is 0.135. The monoisotopic (exact) mass is 683 g/mol. The molecular weight excluding hydrogens is 641 g/mol. The van der Waals surface area contributed by atoms with E-state index in [-0.39, 0.29) is 11.9 Å². The molecule has 0 aromatic heterocycles. The van der Waals surface area contributed by atoms with Crippen LogP contribution in [-0.4, -0.2) is 49.8 Å². The van der Waals surface area contributed by atoms with Crippen molar-refractivity contribution >= 4 is 41.0 Å². The molecule has 6 rings (SSSR count). The third-order valence-corrected chi connectivity index (χ3v) is 10.1. The van der Waals surface area contributed by atoms with E-state index in [0.717, 1.165) is 95.1 Å². The zero-order valence-electron chi connectivity index (χ0n) is 27.4. The van der Waals surface area contributed by atoms with Crippen LogP contribution >= 0.6 is 23.2 Å². The molecule has 48 heavy (non-hydrogen) atoms. The molecule has 0 spiro atoms. The van der Waals surface area contributed by atoms with Crippen LogP contribution < -0.4 is 20.7 Å². The summed E-state index contributed by atoms with van der Waals surface area (Å²) in [5.74, 6) is 0.978. The number of rotatable bonds is 13. The fraction of sp³-hybridized carbons (Fsp3) is 0.333. The number of methoxy groups -OCH3 is 1. The lowest BCUT2D eigenvalue weighted by Crippen LogP contribution is -2.35. The number of hydrogen-bond acceptors (Lipinski definition) is 6. The summed E-state index contributed by atoms with van der Waals surface area (Å²) in [5.41, 5.74) is 8.46. The molecule has 7 nitrogen and oxygen atoms in total. The molecule has 2 aliphatic heterocycles. The van der Waals surface area contributed by atoms with Gasteiger partial charge >= 0.3 is 0 Å². The minimum Gasteiger partial charge on any atom is -0.496 e. The van der Waals surface area contributed by atoms with Crippen LogP contribution in [0.15, 0.2) is 72.8 Å². The number of piperidine rings is 1. The Balaban J connectivity index is 1.16. The van der Waals surface area contributed by atoms with Crippen molar-refractivity contribution in [2.24, 2.45) is 0 Å². The summed E-state index contributed by atoms with van der Waals surface area (Å²) < 4.78 is 5.78. The van der Waals surface area contributed by atoms with E-state index in [2.05, 4.69) is 45.1 Å². The fourth-order valence-corrected chi connectivity index (χ4v) is 7.32. The molecule has 0 aliphatic carbocycles. The molecule has 2 fully saturated rings. The van der Waals surface area contributed by atoms with Gasteiger partial charge in [0, 0.05) is 77.8 Å². The van der Waals surface area contributed by atoms with Crippen LogP contribution in [0.1, 0.15) is 54.4 Å². The van der Waals surface area contributed by atoms with E-state index in [4.69, 9.17) is 33.3 Å². The molecule has 0 radical (unpaired) electrons. The number of carbonyl (C=O) groups is 1. The Morgan fingerprint density at radius 1 is 0.938 bits per heavy atom. The van der Waals surface area contributed by atoms with Crippen molar-refractivity contribution in [3.05, 3.63) is 105 Å². The number of amides is 1. The van der Waals surface area contributed by atoms with Crippen molar-refractivity contribution in [2.45, 2.75) is 57.8 Å². The minimum atomic E-state index is 0.135. The Morgan fingerprint density at radius 2 is 1.69 bits per heavy atom. The van der Waals surface area contributed by atoms with Crippen LogP contribution in [0.25, 0.3) is 22.3 Å². The first-order valence-electron chi connectivity index (χ1n) is 16.8. The maximum Gasteiger partial charge on any atom is 0.220 e. The average Bonchev–Trinajstić information content (AvgIpc) is 3.53. The highest BCUT2D eigenvalue weighted by Gasteiger charge is 2.20. The summed E-state index contributed by atoms with van der Waals surface area (Å²) in [6.07, 6.45) is 6.64. The Labute approximate surface area is 293 Å². The van der Waals surface area contributed by atoms with E-state index < -0.39 is 0 Å². The maximum atomic E-state index is 11.5. The van der Waals surface area contributed by atoms with Crippen molar-refractivity contribution in [1.29, 1.82) is 5.41 Å². The highest BCUT2D eigenvalue weighted by Crippen LogP contribution is 2.39. The molecule has 1 amide bonds. The average molecular weight is 685 g/mol. The van der Waals surface area contributed by atoms with E-state index in [1.807, 2.05) is 48.5 Å². The summed E-state index contributed by atoms with van der Waals surface area (Å²) in [7, 11) is 1.71. The molecule has 2 saturated heterocycles. The molecule has 4 aromatic rings. The van der Waals surface area contributed by atoms with Gasteiger partial charge in [-0.2, -0.15) is 0 Å². The number of halogens is 2. The van der Waals surface area contributed by atoms with Gasteiger partial charge in [-0.25, -0.2) is 0 Å². The molecule has 1 unspecified atom stereocenters. The summed E-state index contributed by atoms with van der Waals surface area (Å²) >= 11 is 13.9. The van der Waals surface area contributed by atoms with Gasteiger partial charge < -0.3 is 26.1 Å². The lowest BCUT2D eigenvalue weighted by Gasteiger charge is -2.27. The third-order valence-electron chi connectivity index (χ3n) is 9.37. The van der Waals surface area contributed by atoms with Crippen LogP contribution in [0.4, 0.5) is 5.69 Å². The number of ether oxygens (including phenoxy) is 1. The van der Waals surface area contributed by atoms with Crippen LogP contribution in [0, 0.1) is 5.41 Å². The first-order valence-corrected chi connectivity index (χ1v) is 17.5. The fourth-order valence-electron chi connectivity index (χ4n) is 6.73. The third kappa shape index (κ3) is 8.04. The summed E-state index contributed by atoms with van der Waals surface area (Å²) in [5, 5.41) is 19.7. The van der Waals surface area contributed by atoms with Gasteiger partial charge in [0.1, 0.15) is 5.75 Å². The van der Waals surface area contributed by atoms with Gasteiger partial charge in [-0.15, -0.1) is 0 Å². The molecule has 0 saturated carbocycles. The van der Waals surface area contributed by atoms with Gasteiger partial charge in [-0.3, -0.25) is 9.69 Å². The smallest absolute Gasteiger partial charge is 0.220 e. The predicted molar refractivity (Wildman–Crippen MR) is 198 cm³/mol. The van der Waals surface area contributed by atoms with Crippen LogP contribution in [0.2, 0.25) is 10.0 Å². The Bertz CT molecular complexity index is 1750. The number of nitrogens with zero attached hydrogens (tertiary/aromatic N) is 1. The number of nitrogens with one attached hydrogen (secondary N) is 4. The quantitative estimate of drug-likeness (QED) is 0.107. The van der Waals surface area contributed by atoms with Gasteiger partial charge in [0.15, 0.2) is 0 Å². The van der Waals surface area contributed by atoms with Crippen molar-refractivity contribution in [3.8, 4) is 28.0 Å². The number of benzene rings is 4. The second-order valence-corrected chi connectivity index (χ2v) is 13.4. The van der Waals surface area contributed by atoms with E-state index >= 15 is 0 Å². The SMILES string of the molecule is COc1cc(CNc2cccc(-c3cccc(-c4ccc(CNCC5CCC(=O)N5)cc4)c3Cl)c2C=N)c(Cl)cc1CN1CCCCC1. The highest BCUT2D eigenvalue weighted by atomic mass is 35.5. The van der Waals surface area contributed by atoms with Gasteiger partial charge in [-0.1, -0.05) is 84.2 Å². The maximum absolute atomic E-state index is 11.5. The van der Waals surface area contributed by atoms with Crippen LogP contribution in [0.5, 0.6) is 5.75 Å². The van der Waals surface area contributed by atoms with E-state index in [1.54, 1.807) is 7.11 Å². The molecule has 2 heterocycles. The normalized spacial score (nSPS) is 16.5. The molecular formula is C39H43Cl2N5O2. The first-order chi connectivity index (χ1) is 23.4. The number of hydrogen-bond donors (Lipinski definition) is 4. The largest absolute Gasteiger partial charge is 0.496 e. The molecule has 4 N–H and O–H groups in total. The topological polar surface area (TPSA) is 89.5 Å². The molecule has 2 aliphatic rings. The predicted octanol–water partition coefficient (Wildman–Crippen LogP) is 8.30. The van der Waals surface area contributed by atoms with E-state index in [9.17, 15) is 4.79 Å². The second kappa shape index (κ2) is 16.0. The van der Waals surface area contributed by atoms with E-state index in [0.29, 0.717) is 23.0 Å². The van der Waals surface area contributed by atoms with Crippen molar-refractivity contribution in [2.75, 3.05) is 32.1 Å². The second-order valence-electron chi connectivity index (χ2n) is 12.7. The van der Waals surface area contributed by atoms with Gasteiger partial charge in [0.2, 0.25) is 5.91 Å². The number of likely N-dealkylation sites (tertiary alicyclic amines) is 1. The molecule has 4 aromatic carbocycles. The zero-order chi connectivity index (χ0) is 33.5. The lowest BCUT2D eigenvalue weighted by molar-refractivity contribution is -0.119. The summed E-state index contributed by atoms with van der Waals surface area (Å²) in [6, 6.07) is 24.6. The van der Waals surface area contributed by atoms with Gasteiger partial charge in [0.05, 0.1) is 12.1 Å². The lowest BCUT2D eigenvalue weighted by atomic mass is 9.94. The Morgan fingerprint density at radius 3 is 2.42 bits per heavy atom. The standard InChI is InChI=1S/C39H43Cl2N5O2/c1-48-37-20-28(35(40)19-29(37)25-46-17-3-2-4-18-46)23-44-36-10-6-8-32(34(36)21-42)33-9-5-7-31(39(33)41)27-13-11-26(12-14-27)22-43-24-30-15-16-38(47)45-30/h5-14,19-21,30,42-44H,2-4,15-18,22-25H2,1H3,(H,45,47). The van der Waals surface area contributed by atoms with Crippen molar-refractivity contribution < 1.29 is 9.53 Å².